The predicted octanol–water partition coefficient (Wildman–Crippen LogP) is 2.54. The molecule has 1 aliphatic carbocycles. The van der Waals surface area contributed by atoms with E-state index >= 15 is 0 Å². The highest BCUT2D eigenvalue weighted by Gasteiger charge is 2.28. The lowest BCUT2D eigenvalue weighted by molar-refractivity contribution is 0.597. The van der Waals surface area contributed by atoms with Crippen molar-refractivity contribution in [1.82, 2.24) is 4.98 Å². The quantitative estimate of drug-likeness (QED) is 0.831. The Balaban J connectivity index is 1.74. The van der Waals surface area contributed by atoms with Gasteiger partial charge >= 0.3 is 0 Å². The lowest BCUT2D eigenvalue weighted by Crippen LogP contribution is -2.17. The number of benzene rings is 1. The number of nitrogens with one attached hydrogen (secondary N) is 1. The molecule has 0 saturated heterocycles. The highest BCUT2D eigenvalue weighted by molar-refractivity contribution is 7.92. The maximum atomic E-state index is 11.9. The summed E-state index contributed by atoms with van der Waals surface area (Å²) in [5.74, 6) is 0.521. The zero-order valence-electron chi connectivity index (χ0n) is 10.7. The third-order valence-electron chi connectivity index (χ3n) is 3.11. The van der Waals surface area contributed by atoms with E-state index in [1.54, 1.807) is 12.1 Å². The Morgan fingerprint density at radius 2 is 2.00 bits per heavy atom. The van der Waals surface area contributed by atoms with Crippen molar-refractivity contribution >= 4 is 32.2 Å². The Kier molecular flexibility index (Phi) is 3.39. The van der Waals surface area contributed by atoms with Crippen LogP contribution >= 0.6 is 11.3 Å². The van der Waals surface area contributed by atoms with Crippen LogP contribution in [0.1, 0.15) is 12.8 Å². The molecule has 0 atom stereocenters. The Morgan fingerprint density at radius 3 is 2.65 bits per heavy atom. The molecule has 1 heterocycles. The van der Waals surface area contributed by atoms with Crippen molar-refractivity contribution in [2.75, 3.05) is 16.2 Å². The number of thiazole rings is 1. The van der Waals surface area contributed by atoms with Crippen molar-refractivity contribution in [2.24, 2.45) is 5.92 Å². The molecule has 1 saturated carbocycles. The number of anilines is 2. The summed E-state index contributed by atoms with van der Waals surface area (Å²) < 4.78 is 26.3. The van der Waals surface area contributed by atoms with Gasteiger partial charge in [-0.05, 0) is 30.9 Å². The lowest BCUT2D eigenvalue weighted by atomic mass is 10.2. The number of nitrogen functional groups attached to an aromatic ring is 1. The van der Waals surface area contributed by atoms with E-state index in [0.717, 1.165) is 24.1 Å². The predicted molar refractivity (Wildman–Crippen MR) is 82.1 cm³/mol. The second-order valence-electron chi connectivity index (χ2n) is 4.99. The molecule has 2 aromatic rings. The number of rotatable bonds is 5. The number of nitrogens with two attached hydrogens (primary N) is 1. The van der Waals surface area contributed by atoms with Crippen LogP contribution in [-0.2, 0) is 10.0 Å². The van der Waals surface area contributed by atoms with Gasteiger partial charge in [0, 0.05) is 16.6 Å². The molecule has 0 aliphatic heterocycles. The minimum Gasteiger partial charge on any atom is -0.399 e. The van der Waals surface area contributed by atoms with Gasteiger partial charge in [0.15, 0.2) is 5.13 Å². The lowest BCUT2D eigenvalue weighted by Gasteiger charge is -2.03. The molecule has 5 nitrogen and oxygen atoms in total. The number of sulfonamides is 1. The highest BCUT2D eigenvalue weighted by Crippen LogP contribution is 2.31. The van der Waals surface area contributed by atoms with Gasteiger partial charge in [0.25, 0.3) is 0 Å². The molecule has 1 aromatic carbocycles. The molecule has 1 aromatic heterocycles. The molecule has 0 unspecified atom stereocenters. The maximum Gasteiger partial charge on any atom is 0.234 e. The van der Waals surface area contributed by atoms with E-state index in [4.69, 9.17) is 5.73 Å². The Labute approximate surface area is 121 Å². The smallest absolute Gasteiger partial charge is 0.234 e. The summed E-state index contributed by atoms with van der Waals surface area (Å²) in [7, 11) is -3.27. The van der Waals surface area contributed by atoms with E-state index in [2.05, 4.69) is 9.71 Å². The summed E-state index contributed by atoms with van der Waals surface area (Å²) in [5.41, 5.74) is 7.99. The molecule has 3 N–H and O–H groups in total. The van der Waals surface area contributed by atoms with Crippen LogP contribution in [0.3, 0.4) is 0 Å². The van der Waals surface area contributed by atoms with Gasteiger partial charge in [-0.2, -0.15) is 0 Å². The first kappa shape index (κ1) is 13.4. The SMILES string of the molecule is Nc1ccc(-c2csc(NS(=O)(=O)CC3CC3)n2)cc1. The molecule has 0 bridgehead atoms. The molecule has 0 radical (unpaired) electrons. The summed E-state index contributed by atoms with van der Waals surface area (Å²) in [6, 6.07) is 7.33. The highest BCUT2D eigenvalue weighted by atomic mass is 32.2. The van der Waals surface area contributed by atoms with Gasteiger partial charge < -0.3 is 5.73 Å². The van der Waals surface area contributed by atoms with Crippen molar-refractivity contribution < 1.29 is 8.42 Å². The minimum absolute atomic E-state index is 0.198. The third-order valence-corrected chi connectivity index (χ3v) is 5.41. The second-order valence-corrected chi connectivity index (χ2v) is 7.61. The van der Waals surface area contributed by atoms with Crippen molar-refractivity contribution in [2.45, 2.75) is 12.8 Å². The van der Waals surface area contributed by atoms with E-state index in [9.17, 15) is 8.42 Å². The molecule has 20 heavy (non-hydrogen) atoms. The van der Waals surface area contributed by atoms with Crippen LogP contribution in [0.25, 0.3) is 11.3 Å². The molecule has 106 valence electrons. The van der Waals surface area contributed by atoms with E-state index < -0.39 is 10.0 Å². The molecule has 0 spiro atoms. The zero-order chi connectivity index (χ0) is 14.2. The summed E-state index contributed by atoms with van der Waals surface area (Å²) in [6.07, 6.45) is 2.02. The van der Waals surface area contributed by atoms with Crippen LogP contribution < -0.4 is 10.5 Å². The maximum absolute atomic E-state index is 11.9. The fraction of sp³-hybridized carbons (Fsp3) is 0.308. The molecule has 3 rings (SSSR count). The van der Waals surface area contributed by atoms with Gasteiger partial charge in [0.1, 0.15) is 0 Å². The number of aromatic nitrogens is 1. The topological polar surface area (TPSA) is 85.1 Å². The minimum atomic E-state index is -3.27. The van der Waals surface area contributed by atoms with Crippen molar-refractivity contribution in [3.8, 4) is 11.3 Å². The van der Waals surface area contributed by atoms with Gasteiger partial charge in [0.05, 0.1) is 11.4 Å². The van der Waals surface area contributed by atoms with Crippen LogP contribution in [0, 0.1) is 5.92 Å². The first-order valence-electron chi connectivity index (χ1n) is 6.34. The average Bonchev–Trinajstić information content (AvgIpc) is 3.06. The monoisotopic (exact) mass is 309 g/mol. The summed E-state index contributed by atoms with van der Waals surface area (Å²) >= 11 is 1.29. The molecule has 7 heteroatoms. The summed E-state index contributed by atoms with van der Waals surface area (Å²) in [5, 5.41) is 2.25. The van der Waals surface area contributed by atoms with Gasteiger partial charge in [-0.1, -0.05) is 12.1 Å². The second kappa shape index (κ2) is 5.06. The third kappa shape index (κ3) is 3.29. The molecule has 1 fully saturated rings. The molecular weight excluding hydrogens is 294 g/mol. The number of nitrogens with zero attached hydrogens (tertiary/aromatic N) is 1. The Hall–Kier alpha value is -1.60. The first-order chi connectivity index (χ1) is 9.52. The molecular formula is C13H15N3O2S2. The van der Waals surface area contributed by atoms with Gasteiger partial charge in [-0.3, -0.25) is 4.72 Å². The number of hydrogen-bond donors (Lipinski definition) is 2. The van der Waals surface area contributed by atoms with E-state index in [0.29, 0.717) is 16.7 Å². The van der Waals surface area contributed by atoms with Crippen LogP contribution in [0.4, 0.5) is 10.8 Å². The van der Waals surface area contributed by atoms with Gasteiger partial charge in [-0.25, -0.2) is 13.4 Å². The Morgan fingerprint density at radius 1 is 1.30 bits per heavy atom. The van der Waals surface area contributed by atoms with Crippen molar-refractivity contribution in [1.29, 1.82) is 0 Å². The average molecular weight is 309 g/mol. The number of hydrogen-bond acceptors (Lipinski definition) is 5. The van der Waals surface area contributed by atoms with Crippen LogP contribution in [0.15, 0.2) is 29.6 Å². The van der Waals surface area contributed by atoms with Crippen LogP contribution in [-0.4, -0.2) is 19.2 Å². The fourth-order valence-corrected chi connectivity index (χ4v) is 4.36. The summed E-state index contributed by atoms with van der Waals surface area (Å²) in [4.78, 5) is 4.31. The van der Waals surface area contributed by atoms with Crippen LogP contribution in [0.5, 0.6) is 0 Å². The molecule has 0 amide bonds. The normalized spacial score (nSPS) is 15.2. The molecule has 1 aliphatic rings. The standard InChI is InChI=1S/C13H15N3O2S2/c14-11-5-3-10(4-6-11)12-7-19-13(15-12)16-20(17,18)8-9-1-2-9/h3-7,9H,1-2,8,14H2,(H,15,16). The van der Waals surface area contributed by atoms with Gasteiger partial charge in [0.2, 0.25) is 10.0 Å². The fourth-order valence-electron chi connectivity index (χ4n) is 1.88. The Bertz CT molecular complexity index is 703. The van der Waals surface area contributed by atoms with E-state index in [1.165, 1.54) is 11.3 Å². The van der Waals surface area contributed by atoms with Crippen molar-refractivity contribution in [3.63, 3.8) is 0 Å². The zero-order valence-corrected chi connectivity index (χ0v) is 12.4. The largest absolute Gasteiger partial charge is 0.399 e. The van der Waals surface area contributed by atoms with Crippen LogP contribution in [0.2, 0.25) is 0 Å². The van der Waals surface area contributed by atoms with E-state index in [1.807, 2.05) is 17.5 Å². The first-order valence-corrected chi connectivity index (χ1v) is 8.87. The van der Waals surface area contributed by atoms with Gasteiger partial charge in [-0.15, -0.1) is 11.3 Å². The van der Waals surface area contributed by atoms with E-state index in [-0.39, 0.29) is 5.75 Å². The summed E-state index contributed by atoms with van der Waals surface area (Å²) in [6.45, 7) is 0. The van der Waals surface area contributed by atoms with Crippen molar-refractivity contribution in [3.05, 3.63) is 29.6 Å².